The van der Waals surface area contributed by atoms with Crippen molar-refractivity contribution in [2.45, 2.75) is 64.1 Å². The van der Waals surface area contributed by atoms with Gasteiger partial charge in [-0.25, -0.2) is 18.7 Å². The first-order valence-electron chi connectivity index (χ1n) is 11.7. The van der Waals surface area contributed by atoms with Crippen molar-refractivity contribution in [3.8, 4) is 0 Å². The third kappa shape index (κ3) is 6.47. The molecule has 2 heterocycles. The number of nitrogens with two attached hydrogens (primary N) is 1. The monoisotopic (exact) mass is 578 g/mol. The van der Waals surface area contributed by atoms with E-state index in [1.54, 1.807) is 10.7 Å². The normalized spacial score (nSPS) is 18.8. The highest BCUT2D eigenvalue weighted by Gasteiger charge is 2.26. The summed E-state index contributed by atoms with van der Waals surface area (Å²) in [5, 5.41) is 11.3. The van der Waals surface area contributed by atoms with E-state index < -0.39 is 17.5 Å². The molecule has 1 aromatic carbocycles. The van der Waals surface area contributed by atoms with Crippen LogP contribution in [0.15, 0.2) is 46.1 Å². The zero-order chi connectivity index (χ0) is 26.0. The minimum atomic E-state index is -0.533. The summed E-state index contributed by atoms with van der Waals surface area (Å²) in [6, 6.07) is 6.09. The molecule has 4 rings (SSSR count). The molecule has 1 saturated carbocycles. The van der Waals surface area contributed by atoms with Crippen molar-refractivity contribution in [3.63, 3.8) is 0 Å². The van der Waals surface area contributed by atoms with Crippen molar-refractivity contribution in [3.05, 3.63) is 57.5 Å². The number of hydrogen-bond donors (Lipinski definition) is 3. The maximum atomic E-state index is 13.8. The number of halogens is 3. The summed E-state index contributed by atoms with van der Waals surface area (Å²) < 4.78 is 21.7. The SMILES string of the molecule is CC(C)(C)OC(=O)N[C@H]1CC[C@@H](Nc2c(/C(N)=N/c3cc(F)ccc3Cl)cnn3cc(Br)cc23)CC1. The number of carbonyl (C=O) groups excluding carboxylic acids is 1. The summed E-state index contributed by atoms with van der Waals surface area (Å²) in [4.78, 5) is 16.5. The molecule has 2 aromatic heterocycles. The first-order chi connectivity index (χ1) is 17.0. The molecule has 0 saturated heterocycles. The Balaban J connectivity index is 1.55. The Morgan fingerprint density at radius 2 is 1.94 bits per heavy atom. The fourth-order valence-corrected chi connectivity index (χ4v) is 4.76. The summed E-state index contributed by atoms with van der Waals surface area (Å²) in [6.45, 7) is 5.53. The second-order valence-corrected chi connectivity index (χ2v) is 11.2. The van der Waals surface area contributed by atoms with Crippen LogP contribution in [0.2, 0.25) is 5.02 Å². The van der Waals surface area contributed by atoms with Crippen molar-refractivity contribution in [2.75, 3.05) is 5.32 Å². The van der Waals surface area contributed by atoms with E-state index in [2.05, 4.69) is 36.7 Å². The van der Waals surface area contributed by atoms with Crippen LogP contribution in [0.1, 0.15) is 52.0 Å². The van der Waals surface area contributed by atoms with Gasteiger partial charge in [0.2, 0.25) is 0 Å². The Morgan fingerprint density at radius 1 is 1.25 bits per heavy atom. The number of rotatable bonds is 5. The summed E-state index contributed by atoms with van der Waals surface area (Å²) in [7, 11) is 0. The highest BCUT2D eigenvalue weighted by atomic mass is 79.9. The molecule has 0 radical (unpaired) electrons. The van der Waals surface area contributed by atoms with Gasteiger partial charge in [0.15, 0.2) is 0 Å². The maximum Gasteiger partial charge on any atom is 0.407 e. The molecule has 1 fully saturated rings. The van der Waals surface area contributed by atoms with E-state index in [9.17, 15) is 9.18 Å². The quantitative estimate of drug-likeness (QED) is 0.247. The molecule has 0 spiro atoms. The summed E-state index contributed by atoms with van der Waals surface area (Å²) in [6.07, 6.45) is 6.37. The number of nitrogens with one attached hydrogen (secondary N) is 2. The lowest BCUT2D eigenvalue weighted by molar-refractivity contribution is 0.0492. The molecule has 1 aliphatic carbocycles. The number of amidine groups is 1. The van der Waals surface area contributed by atoms with E-state index in [0.717, 1.165) is 41.4 Å². The van der Waals surface area contributed by atoms with Crippen molar-refractivity contribution in [1.82, 2.24) is 14.9 Å². The lowest BCUT2D eigenvalue weighted by atomic mass is 9.91. The summed E-state index contributed by atoms with van der Waals surface area (Å²) in [5.41, 5.74) is 8.26. The molecule has 8 nitrogen and oxygen atoms in total. The van der Waals surface area contributed by atoms with Gasteiger partial charge in [-0.15, -0.1) is 0 Å². The molecule has 11 heteroatoms. The standard InChI is InChI=1S/C25H29BrClFN6O2/c1-25(2,3)36-24(35)32-17-7-5-16(6-8-17)31-22-18(12-30-34-13-14(26)10-21(22)34)23(29)33-20-11-15(28)4-9-19(20)27/h4,9-13,16-17,31H,5-8H2,1-3H3,(H2,29,33)(H,32,35)/t16-,17+. The Kier molecular flexibility index (Phi) is 7.75. The number of benzene rings is 1. The molecular weight excluding hydrogens is 551 g/mol. The van der Waals surface area contributed by atoms with Crippen LogP contribution >= 0.6 is 27.5 Å². The summed E-state index contributed by atoms with van der Waals surface area (Å²) in [5.74, 6) is -0.289. The van der Waals surface area contributed by atoms with Crippen molar-refractivity contribution in [2.24, 2.45) is 10.7 Å². The third-order valence-electron chi connectivity index (χ3n) is 5.83. The molecule has 4 N–H and O–H groups in total. The number of alkyl carbamates (subject to hydrolysis) is 1. The van der Waals surface area contributed by atoms with Crippen molar-refractivity contribution in [1.29, 1.82) is 0 Å². The topological polar surface area (TPSA) is 106 Å². The van der Waals surface area contributed by atoms with Gasteiger partial charge in [-0.05, 0) is 80.6 Å². The molecule has 1 amide bonds. The van der Waals surface area contributed by atoms with E-state index >= 15 is 0 Å². The van der Waals surface area contributed by atoms with Crippen molar-refractivity contribution >= 4 is 56.4 Å². The second-order valence-electron chi connectivity index (χ2n) is 9.85. The number of aromatic nitrogens is 2. The molecule has 36 heavy (non-hydrogen) atoms. The number of ether oxygens (including phenoxy) is 1. The molecule has 192 valence electrons. The molecule has 0 bridgehead atoms. The Hall–Kier alpha value is -2.85. The Labute approximate surface area is 222 Å². The third-order valence-corrected chi connectivity index (χ3v) is 6.58. The number of amides is 1. The molecule has 0 atom stereocenters. The lowest BCUT2D eigenvalue weighted by Gasteiger charge is -2.31. The zero-order valence-corrected chi connectivity index (χ0v) is 22.7. The van der Waals surface area contributed by atoms with Gasteiger partial charge in [0.25, 0.3) is 0 Å². The van der Waals surface area contributed by atoms with Crippen LogP contribution in [-0.2, 0) is 4.74 Å². The Bertz CT molecular complexity index is 1300. The van der Waals surface area contributed by atoms with Crippen LogP contribution in [0, 0.1) is 5.82 Å². The minimum absolute atomic E-state index is 0.0547. The van der Waals surface area contributed by atoms with Gasteiger partial charge in [0.1, 0.15) is 17.3 Å². The number of fused-ring (bicyclic) bond motifs is 1. The number of aliphatic imine (C=N–C) groups is 1. The van der Waals surface area contributed by atoms with E-state index in [4.69, 9.17) is 22.1 Å². The average molecular weight is 580 g/mol. The molecule has 0 unspecified atom stereocenters. The van der Waals surface area contributed by atoms with Crippen LogP contribution in [0.4, 0.5) is 20.6 Å². The Morgan fingerprint density at radius 3 is 2.64 bits per heavy atom. The van der Waals surface area contributed by atoms with Gasteiger partial charge in [0.05, 0.1) is 33.7 Å². The molecule has 1 aliphatic rings. The van der Waals surface area contributed by atoms with E-state index in [1.807, 2.05) is 33.0 Å². The van der Waals surface area contributed by atoms with Gasteiger partial charge in [0, 0.05) is 28.8 Å². The van der Waals surface area contributed by atoms with Gasteiger partial charge < -0.3 is 21.1 Å². The average Bonchev–Trinajstić information content (AvgIpc) is 3.17. The predicted molar refractivity (Wildman–Crippen MR) is 144 cm³/mol. The molecule has 3 aromatic rings. The van der Waals surface area contributed by atoms with Crippen LogP contribution in [-0.4, -0.2) is 39.2 Å². The van der Waals surface area contributed by atoms with Crippen LogP contribution in [0.3, 0.4) is 0 Å². The first-order valence-corrected chi connectivity index (χ1v) is 12.9. The van der Waals surface area contributed by atoms with Gasteiger partial charge >= 0.3 is 6.09 Å². The molecule has 0 aliphatic heterocycles. The lowest BCUT2D eigenvalue weighted by Crippen LogP contribution is -2.42. The van der Waals surface area contributed by atoms with Crippen molar-refractivity contribution < 1.29 is 13.9 Å². The smallest absolute Gasteiger partial charge is 0.407 e. The first kappa shape index (κ1) is 26.2. The number of hydrogen-bond acceptors (Lipinski definition) is 5. The van der Waals surface area contributed by atoms with E-state index in [-0.39, 0.29) is 23.6 Å². The maximum absolute atomic E-state index is 13.8. The highest BCUT2D eigenvalue weighted by molar-refractivity contribution is 9.10. The van der Waals surface area contributed by atoms with Crippen LogP contribution in [0.25, 0.3) is 5.52 Å². The van der Waals surface area contributed by atoms with Gasteiger partial charge in [-0.2, -0.15) is 5.10 Å². The van der Waals surface area contributed by atoms with E-state index in [0.29, 0.717) is 10.6 Å². The zero-order valence-electron chi connectivity index (χ0n) is 20.3. The van der Waals surface area contributed by atoms with Crippen LogP contribution < -0.4 is 16.4 Å². The number of anilines is 1. The predicted octanol–water partition coefficient (Wildman–Crippen LogP) is 6.17. The van der Waals surface area contributed by atoms with Gasteiger partial charge in [-0.3, -0.25) is 0 Å². The summed E-state index contributed by atoms with van der Waals surface area (Å²) >= 11 is 9.70. The van der Waals surface area contributed by atoms with Gasteiger partial charge in [-0.1, -0.05) is 11.6 Å². The minimum Gasteiger partial charge on any atom is -0.444 e. The highest BCUT2D eigenvalue weighted by Crippen LogP contribution is 2.31. The van der Waals surface area contributed by atoms with Crippen LogP contribution in [0.5, 0.6) is 0 Å². The molecular formula is C25H29BrClFN6O2. The number of nitrogens with zero attached hydrogens (tertiary/aromatic N) is 3. The fourth-order valence-electron chi connectivity index (χ4n) is 4.19. The second kappa shape index (κ2) is 10.6. The van der Waals surface area contributed by atoms with E-state index in [1.165, 1.54) is 18.2 Å². The largest absolute Gasteiger partial charge is 0.444 e. The fraction of sp³-hybridized carbons (Fsp3) is 0.400. The number of carbonyl (C=O) groups is 1.